The van der Waals surface area contributed by atoms with E-state index in [2.05, 4.69) is 71.9 Å². The molecule has 5 nitrogen and oxygen atoms in total. The van der Waals surface area contributed by atoms with Crippen molar-refractivity contribution in [3.63, 3.8) is 0 Å². The first-order chi connectivity index (χ1) is 14.1. The summed E-state index contributed by atoms with van der Waals surface area (Å²) in [6, 6.07) is 15.0. The van der Waals surface area contributed by atoms with Crippen LogP contribution in [-0.4, -0.2) is 39.9 Å². The van der Waals surface area contributed by atoms with Gasteiger partial charge in [-0.2, -0.15) is 0 Å². The van der Waals surface area contributed by atoms with E-state index in [4.69, 9.17) is 9.47 Å². The van der Waals surface area contributed by atoms with Crippen molar-refractivity contribution in [1.29, 1.82) is 0 Å². The number of guanidine groups is 1. The summed E-state index contributed by atoms with van der Waals surface area (Å²) in [6.45, 7) is 7.28. The Morgan fingerprint density at radius 1 is 1.07 bits per heavy atom. The van der Waals surface area contributed by atoms with Crippen molar-refractivity contribution >= 4 is 5.96 Å². The van der Waals surface area contributed by atoms with Crippen LogP contribution in [0.4, 0.5) is 0 Å². The number of aliphatic imine (C=N–C) groups is 1. The Bertz CT molecular complexity index is 842. The van der Waals surface area contributed by atoms with Crippen LogP contribution in [0.3, 0.4) is 0 Å². The molecule has 156 valence electrons. The third-order valence-corrected chi connectivity index (χ3v) is 5.74. The summed E-state index contributed by atoms with van der Waals surface area (Å²) >= 11 is 0. The van der Waals surface area contributed by atoms with Crippen molar-refractivity contribution in [3.8, 4) is 5.75 Å². The first-order valence-corrected chi connectivity index (χ1v) is 10.3. The van der Waals surface area contributed by atoms with Crippen LogP contribution in [0.5, 0.6) is 5.75 Å². The van der Waals surface area contributed by atoms with Crippen LogP contribution in [0.15, 0.2) is 47.5 Å². The van der Waals surface area contributed by atoms with Gasteiger partial charge in [0.15, 0.2) is 5.96 Å². The van der Waals surface area contributed by atoms with E-state index in [1.54, 1.807) is 7.11 Å². The lowest BCUT2D eigenvalue weighted by Gasteiger charge is -2.39. The maximum Gasteiger partial charge on any atom is 0.191 e. The zero-order valence-corrected chi connectivity index (χ0v) is 18.0. The first kappa shape index (κ1) is 21.2. The van der Waals surface area contributed by atoms with Gasteiger partial charge in [-0.3, -0.25) is 4.99 Å². The van der Waals surface area contributed by atoms with Gasteiger partial charge in [0.2, 0.25) is 0 Å². The molecule has 0 aliphatic carbocycles. The van der Waals surface area contributed by atoms with Crippen LogP contribution >= 0.6 is 0 Å². The standard InChI is InChI=1S/C24H33N3O2/c1-18-6-5-7-20(14-18)16-26-23(25-3)27-17-24(10-12-29-13-11-24)21-15-19(2)8-9-22(21)28-4/h5-9,14-15H,10-13,16-17H2,1-4H3,(H2,25,26,27). The lowest BCUT2D eigenvalue weighted by Crippen LogP contribution is -2.48. The van der Waals surface area contributed by atoms with E-state index in [9.17, 15) is 0 Å². The number of rotatable bonds is 6. The molecule has 3 rings (SSSR count). The number of hydrogen-bond donors (Lipinski definition) is 2. The third-order valence-electron chi connectivity index (χ3n) is 5.74. The highest BCUT2D eigenvalue weighted by molar-refractivity contribution is 5.79. The molecule has 0 saturated carbocycles. The lowest BCUT2D eigenvalue weighted by atomic mass is 9.73. The average Bonchev–Trinajstić information content (AvgIpc) is 2.74. The van der Waals surface area contributed by atoms with Gasteiger partial charge >= 0.3 is 0 Å². The van der Waals surface area contributed by atoms with Gasteiger partial charge in [-0.25, -0.2) is 0 Å². The van der Waals surface area contributed by atoms with Crippen LogP contribution in [-0.2, 0) is 16.7 Å². The molecule has 2 N–H and O–H groups in total. The van der Waals surface area contributed by atoms with Gasteiger partial charge in [-0.05, 0) is 38.3 Å². The number of benzene rings is 2. The summed E-state index contributed by atoms with van der Waals surface area (Å²) in [6.07, 6.45) is 1.91. The number of aryl methyl sites for hydroxylation is 2. The monoisotopic (exact) mass is 395 g/mol. The van der Waals surface area contributed by atoms with Gasteiger partial charge in [0, 0.05) is 44.3 Å². The molecule has 0 atom stereocenters. The molecule has 1 saturated heterocycles. The Labute approximate surface area is 174 Å². The minimum absolute atomic E-state index is 0.0451. The minimum Gasteiger partial charge on any atom is -0.496 e. The normalized spacial score (nSPS) is 16.3. The second-order valence-electron chi connectivity index (χ2n) is 7.86. The maximum atomic E-state index is 5.71. The summed E-state index contributed by atoms with van der Waals surface area (Å²) in [5.41, 5.74) is 4.96. The highest BCUT2D eigenvalue weighted by Crippen LogP contribution is 2.40. The second-order valence-corrected chi connectivity index (χ2v) is 7.86. The molecular weight excluding hydrogens is 362 g/mol. The largest absolute Gasteiger partial charge is 0.496 e. The summed E-state index contributed by atoms with van der Waals surface area (Å²) in [4.78, 5) is 4.43. The van der Waals surface area contributed by atoms with Crippen molar-refractivity contribution in [2.24, 2.45) is 4.99 Å². The van der Waals surface area contributed by atoms with E-state index in [0.29, 0.717) is 0 Å². The zero-order chi connectivity index (χ0) is 20.7. The van der Waals surface area contributed by atoms with Crippen LogP contribution in [0, 0.1) is 13.8 Å². The fourth-order valence-electron chi connectivity index (χ4n) is 4.02. The van der Waals surface area contributed by atoms with Crippen molar-refractivity contribution in [1.82, 2.24) is 10.6 Å². The van der Waals surface area contributed by atoms with E-state index in [0.717, 1.165) is 50.9 Å². The Balaban J connectivity index is 1.74. The van der Waals surface area contributed by atoms with Crippen LogP contribution < -0.4 is 15.4 Å². The fraction of sp³-hybridized carbons (Fsp3) is 0.458. The van der Waals surface area contributed by atoms with Gasteiger partial charge in [0.25, 0.3) is 0 Å². The molecule has 0 aromatic heterocycles. The Morgan fingerprint density at radius 2 is 1.83 bits per heavy atom. The highest BCUT2D eigenvalue weighted by atomic mass is 16.5. The molecule has 29 heavy (non-hydrogen) atoms. The van der Waals surface area contributed by atoms with Gasteiger partial charge in [-0.15, -0.1) is 0 Å². The number of nitrogens with zero attached hydrogens (tertiary/aromatic N) is 1. The number of ether oxygens (including phenoxy) is 2. The molecule has 0 bridgehead atoms. The number of methoxy groups -OCH3 is 1. The molecule has 0 unspecified atom stereocenters. The Morgan fingerprint density at radius 3 is 2.52 bits per heavy atom. The lowest BCUT2D eigenvalue weighted by molar-refractivity contribution is 0.0505. The van der Waals surface area contributed by atoms with Crippen molar-refractivity contribution in [2.75, 3.05) is 33.9 Å². The summed E-state index contributed by atoms with van der Waals surface area (Å²) in [7, 11) is 3.56. The topological polar surface area (TPSA) is 54.9 Å². The van der Waals surface area contributed by atoms with E-state index in [1.165, 1.54) is 22.3 Å². The molecule has 5 heteroatoms. The third kappa shape index (κ3) is 5.30. The zero-order valence-electron chi connectivity index (χ0n) is 18.0. The predicted molar refractivity (Wildman–Crippen MR) is 119 cm³/mol. The molecular formula is C24H33N3O2. The van der Waals surface area contributed by atoms with Crippen LogP contribution in [0.1, 0.15) is 35.1 Å². The molecule has 0 radical (unpaired) electrons. The van der Waals surface area contributed by atoms with Gasteiger partial charge in [-0.1, -0.05) is 47.5 Å². The number of hydrogen-bond acceptors (Lipinski definition) is 3. The molecule has 1 fully saturated rings. The minimum atomic E-state index is -0.0451. The van der Waals surface area contributed by atoms with Crippen molar-refractivity contribution in [3.05, 3.63) is 64.7 Å². The van der Waals surface area contributed by atoms with Gasteiger partial charge < -0.3 is 20.1 Å². The summed E-state index contributed by atoms with van der Waals surface area (Å²) in [5.74, 6) is 1.76. The molecule has 0 amide bonds. The Hall–Kier alpha value is -2.53. The smallest absolute Gasteiger partial charge is 0.191 e. The molecule has 1 heterocycles. The van der Waals surface area contributed by atoms with E-state index < -0.39 is 0 Å². The SMILES string of the molecule is CN=C(NCc1cccc(C)c1)NCC1(c2cc(C)ccc2OC)CCOCC1. The summed E-state index contributed by atoms with van der Waals surface area (Å²) < 4.78 is 11.4. The number of nitrogens with one attached hydrogen (secondary N) is 2. The van der Waals surface area contributed by atoms with Crippen molar-refractivity contribution < 1.29 is 9.47 Å². The quantitative estimate of drug-likeness (QED) is 0.578. The van der Waals surface area contributed by atoms with Gasteiger partial charge in [0.1, 0.15) is 5.75 Å². The molecule has 2 aromatic carbocycles. The van der Waals surface area contributed by atoms with E-state index in [-0.39, 0.29) is 5.41 Å². The Kier molecular flexibility index (Phi) is 7.15. The van der Waals surface area contributed by atoms with Crippen LogP contribution in [0.2, 0.25) is 0 Å². The fourth-order valence-corrected chi connectivity index (χ4v) is 4.02. The van der Waals surface area contributed by atoms with Gasteiger partial charge in [0.05, 0.1) is 7.11 Å². The molecule has 1 aliphatic heterocycles. The average molecular weight is 396 g/mol. The molecule has 0 spiro atoms. The second kappa shape index (κ2) is 9.79. The van der Waals surface area contributed by atoms with E-state index in [1.807, 2.05) is 7.05 Å². The highest BCUT2D eigenvalue weighted by Gasteiger charge is 2.37. The summed E-state index contributed by atoms with van der Waals surface area (Å²) in [5, 5.41) is 7.00. The maximum absolute atomic E-state index is 5.71. The first-order valence-electron chi connectivity index (χ1n) is 10.3. The van der Waals surface area contributed by atoms with Crippen LogP contribution in [0.25, 0.3) is 0 Å². The molecule has 2 aromatic rings. The predicted octanol–water partition coefficient (Wildman–Crippen LogP) is 3.73. The molecule has 1 aliphatic rings. The van der Waals surface area contributed by atoms with Crippen molar-refractivity contribution in [2.45, 2.75) is 38.6 Å². The van der Waals surface area contributed by atoms with E-state index >= 15 is 0 Å².